The molecule has 0 saturated carbocycles. The van der Waals surface area contributed by atoms with E-state index in [9.17, 15) is 0 Å². The van der Waals surface area contributed by atoms with Crippen LogP contribution in [-0.4, -0.2) is 17.3 Å². The van der Waals surface area contributed by atoms with E-state index in [1.54, 1.807) is 17.6 Å². The normalized spacial score (nSPS) is 11.2. The highest BCUT2D eigenvalue weighted by atomic mass is 32.2. The zero-order chi connectivity index (χ0) is 13.6. The number of rotatable bonds is 7. The van der Waals surface area contributed by atoms with E-state index in [1.165, 1.54) is 4.70 Å². The smallest absolute Gasteiger partial charge is 0.151 e. The molecule has 3 nitrogen and oxygen atoms in total. The maximum absolute atomic E-state index is 5.27. The van der Waals surface area contributed by atoms with E-state index in [2.05, 4.69) is 28.5 Å². The van der Waals surface area contributed by atoms with Crippen molar-refractivity contribution in [2.75, 3.05) is 12.3 Å². The molecular weight excluding hydrogens is 288 g/mol. The highest BCUT2D eigenvalue weighted by molar-refractivity contribution is 8.01. The molecule has 0 aliphatic carbocycles. The Kier molecular flexibility index (Phi) is 4.73. The van der Waals surface area contributed by atoms with Crippen LogP contribution in [0.3, 0.4) is 0 Å². The summed E-state index contributed by atoms with van der Waals surface area (Å²) in [5.41, 5.74) is 1.11. The molecule has 0 spiro atoms. The standard InChI is InChI=1S/C15H16N2OS2/c1-2-7-14-13(6-1)17-15(20-14)19-10-4-8-16-11-12-5-3-9-18-12/h1-3,5-7,9,16H,4,8,10-11H2. The van der Waals surface area contributed by atoms with Crippen molar-refractivity contribution < 1.29 is 4.42 Å². The van der Waals surface area contributed by atoms with Gasteiger partial charge in [-0.1, -0.05) is 23.9 Å². The van der Waals surface area contributed by atoms with Crippen molar-refractivity contribution in [3.63, 3.8) is 0 Å². The van der Waals surface area contributed by atoms with Gasteiger partial charge in [0.25, 0.3) is 0 Å². The van der Waals surface area contributed by atoms with Gasteiger partial charge in [-0.2, -0.15) is 0 Å². The van der Waals surface area contributed by atoms with Crippen molar-refractivity contribution in [3.8, 4) is 0 Å². The minimum Gasteiger partial charge on any atom is -0.468 e. The predicted octanol–water partition coefficient (Wildman–Crippen LogP) is 4.16. The summed E-state index contributed by atoms with van der Waals surface area (Å²) >= 11 is 3.61. The van der Waals surface area contributed by atoms with Crippen LogP contribution in [0.4, 0.5) is 0 Å². The second kappa shape index (κ2) is 6.92. The Hall–Kier alpha value is -1.30. The van der Waals surface area contributed by atoms with E-state index in [4.69, 9.17) is 4.42 Å². The molecule has 0 saturated heterocycles. The molecular formula is C15H16N2OS2. The lowest BCUT2D eigenvalue weighted by Crippen LogP contribution is -2.14. The van der Waals surface area contributed by atoms with Crippen LogP contribution in [-0.2, 0) is 6.54 Å². The van der Waals surface area contributed by atoms with Crippen LogP contribution in [0, 0.1) is 0 Å². The van der Waals surface area contributed by atoms with E-state index in [1.807, 2.05) is 30.0 Å². The van der Waals surface area contributed by atoms with Crippen molar-refractivity contribution >= 4 is 33.3 Å². The highest BCUT2D eigenvalue weighted by Crippen LogP contribution is 2.29. The van der Waals surface area contributed by atoms with Crippen LogP contribution in [0.2, 0.25) is 0 Å². The Morgan fingerprint density at radius 1 is 1.20 bits per heavy atom. The van der Waals surface area contributed by atoms with Gasteiger partial charge in [-0.05, 0) is 37.2 Å². The third-order valence-corrected chi connectivity index (χ3v) is 5.14. The maximum Gasteiger partial charge on any atom is 0.151 e. The monoisotopic (exact) mass is 304 g/mol. The number of fused-ring (bicyclic) bond motifs is 1. The SMILES string of the molecule is c1coc(CNCCCSc2nc3ccccc3s2)c1. The summed E-state index contributed by atoms with van der Waals surface area (Å²) in [6.45, 7) is 1.80. The van der Waals surface area contributed by atoms with Crippen LogP contribution in [0.15, 0.2) is 51.4 Å². The number of para-hydroxylation sites is 1. The molecule has 0 radical (unpaired) electrons. The first-order valence-electron chi connectivity index (χ1n) is 6.63. The molecule has 1 N–H and O–H groups in total. The van der Waals surface area contributed by atoms with E-state index < -0.39 is 0 Å². The number of furan rings is 1. The van der Waals surface area contributed by atoms with E-state index >= 15 is 0 Å². The third kappa shape index (κ3) is 3.62. The fourth-order valence-electron chi connectivity index (χ4n) is 1.89. The quantitative estimate of drug-likeness (QED) is 0.525. The van der Waals surface area contributed by atoms with Gasteiger partial charge in [0.2, 0.25) is 0 Å². The average Bonchev–Trinajstić information content (AvgIpc) is 3.11. The van der Waals surface area contributed by atoms with Crippen molar-refractivity contribution in [2.24, 2.45) is 0 Å². The Balaban J connectivity index is 1.37. The molecule has 2 heterocycles. The van der Waals surface area contributed by atoms with Crippen molar-refractivity contribution in [2.45, 2.75) is 17.3 Å². The molecule has 3 rings (SSSR count). The van der Waals surface area contributed by atoms with Crippen molar-refractivity contribution in [1.82, 2.24) is 10.3 Å². The van der Waals surface area contributed by atoms with Gasteiger partial charge in [0.05, 0.1) is 23.0 Å². The number of thioether (sulfide) groups is 1. The molecule has 2 aromatic heterocycles. The summed E-state index contributed by atoms with van der Waals surface area (Å²) < 4.78 is 7.70. The molecule has 0 aliphatic heterocycles. The Morgan fingerprint density at radius 3 is 3.00 bits per heavy atom. The number of hydrogen-bond acceptors (Lipinski definition) is 5. The van der Waals surface area contributed by atoms with Gasteiger partial charge in [-0.25, -0.2) is 4.98 Å². The van der Waals surface area contributed by atoms with Crippen molar-refractivity contribution in [1.29, 1.82) is 0 Å². The van der Waals surface area contributed by atoms with Gasteiger partial charge in [0.15, 0.2) is 4.34 Å². The minimum atomic E-state index is 0.804. The molecule has 20 heavy (non-hydrogen) atoms. The lowest BCUT2D eigenvalue weighted by atomic mass is 10.3. The molecule has 104 valence electrons. The van der Waals surface area contributed by atoms with E-state index in [0.717, 1.165) is 40.9 Å². The van der Waals surface area contributed by atoms with Crippen molar-refractivity contribution in [3.05, 3.63) is 48.4 Å². The summed E-state index contributed by atoms with van der Waals surface area (Å²) in [5.74, 6) is 2.08. The van der Waals surface area contributed by atoms with Crippen LogP contribution in [0.5, 0.6) is 0 Å². The summed E-state index contributed by atoms with van der Waals surface area (Å²) in [7, 11) is 0. The summed E-state index contributed by atoms with van der Waals surface area (Å²) in [6.07, 6.45) is 2.83. The summed E-state index contributed by atoms with van der Waals surface area (Å²) in [4.78, 5) is 4.62. The number of nitrogens with zero attached hydrogens (tertiary/aromatic N) is 1. The van der Waals surface area contributed by atoms with Crippen LogP contribution in [0.25, 0.3) is 10.2 Å². The van der Waals surface area contributed by atoms with Gasteiger partial charge >= 0.3 is 0 Å². The van der Waals surface area contributed by atoms with Gasteiger partial charge < -0.3 is 9.73 Å². The maximum atomic E-state index is 5.27. The predicted molar refractivity (Wildman–Crippen MR) is 85.4 cm³/mol. The highest BCUT2D eigenvalue weighted by Gasteiger charge is 2.03. The molecule has 0 unspecified atom stereocenters. The largest absolute Gasteiger partial charge is 0.468 e. The lowest BCUT2D eigenvalue weighted by molar-refractivity contribution is 0.483. The first kappa shape index (κ1) is 13.7. The third-order valence-electron chi connectivity index (χ3n) is 2.88. The van der Waals surface area contributed by atoms with Gasteiger partial charge in [-0.3, -0.25) is 0 Å². The second-order valence-electron chi connectivity index (χ2n) is 4.41. The number of aromatic nitrogens is 1. The number of hydrogen-bond donors (Lipinski definition) is 1. The van der Waals surface area contributed by atoms with Crippen LogP contribution < -0.4 is 5.32 Å². The summed E-state index contributed by atoms with van der Waals surface area (Å²) in [6, 6.07) is 12.2. The number of thiazole rings is 1. The molecule has 0 amide bonds. The molecule has 0 atom stereocenters. The lowest BCUT2D eigenvalue weighted by Gasteiger charge is -2.01. The fraction of sp³-hybridized carbons (Fsp3) is 0.267. The molecule has 0 bridgehead atoms. The Bertz CT molecular complexity index is 616. The Morgan fingerprint density at radius 2 is 2.15 bits per heavy atom. The van der Waals surface area contributed by atoms with E-state index in [-0.39, 0.29) is 0 Å². The minimum absolute atomic E-state index is 0.804. The second-order valence-corrected chi connectivity index (χ2v) is 6.78. The van der Waals surface area contributed by atoms with E-state index in [0.29, 0.717) is 0 Å². The average molecular weight is 304 g/mol. The molecule has 5 heteroatoms. The zero-order valence-electron chi connectivity index (χ0n) is 11.0. The van der Waals surface area contributed by atoms with Crippen LogP contribution >= 0.6 is 23.1 Å². The molecule has 3 aromatic rings. The molecule has 0 fully saturated rings. The van der Waals surface area contributed by atoms with Gasteiger partial charge in [-0.15, -0.1) is 11.3 Å². The number of nitrogens with one attached hydrogen (secondary N) is 1. The Labute approximate surface area is 126 Å². The van der Waals surface area contributed by atoms with Gasteiger partial charge in [0, 0.05) is 5.75 Å². The van der Waals surface area contributed by atoms with Gasteiger partial charge in [0.1, 0.15) is 5.76 Å². The summed E-state index contributed by atoms with van der Waals surface area (Å²) in [5, 5.41) is 3.38. The molecule has 1 aromatic carbocycles. The topological polar surface area (TPSA) is 38.1 Å². The molecule has 0 aliphatic rings. The first-order valence-corrected chi connectivity index (χ1v) is 8.43. The first-order chi connectivity index (χ1) is 9.92. The number of benzene rings is 1. The fourth-order valence-corrected chi connectivity index (χ4v) is 3.97. The van der Waals surface area contributed by atoms with Crippen LogP contribution in [0.1, 0.15) is 12.2 Å². The zero-order valence-corrected chi connectivity index (χ0v) is 12.7.